The highest BCUT2D eigenvalue weighted by Crippen LogP contribution is 2.40. The summed E-state index contributed by atoms with van der Waals surface area (Å²) < 4.78 is 17.8. The van der Waals surface area contributed by atoms with Crippen LogP contribution < -0.4 is 4.74 Å². The number of hydrogen-bond donors (Lipinski definition) is 1. The standard InChI is InChI=1S/C26H26NO5/c1-3-30-26(28)24-23(22-12-8-16-32-22)20-14-13-19(17-21(20)25(24)27(2)29)31-15-7-11-18-9-5-4-6-10-18/h4-6,8-10,12-14,16-17,29H,3,7,11,15H2,1-2H3/q+1. The van der Waals surface area contributed by atoms with Crippen LogP contribution >= 0.6 is 0 Å². The summed E-state index contributed by atoms with van der Waals surface area (Å²) >= 11 is 0. The third-order valence-corrected chi connectivity index (χ3v) is 5.29. The Hall–Kier alpha value is -3.80. The summed E-state index contributed by atoms with van der Waals surface area (Å²) in [5.74, 6) is 0.680. The van der Waals surface area contributed by atoms with Gasteiger partial charge >= 0.3 is 5.97 Å². The number of nitrogens with zero attached hydrogens (tertiary/aromatic N) is 1. The molecule has 0 saturated heterocycles. The van der Waals surface area contributed by atoms with Gasteiger partial charge in [-0.05, 0) is 60.4 Å². The van der Waals surface area contributed by atoms with Crippen molar-refractivity contribution >= 4 is 17.3 Å². The van der Waals surface area contributed by atoms with E-state index in [1.54, 1.807) is 25.3 Å². The van der Waals surface area contributed by atoms with E-state index in [0.717, 1.165) is 23.1 Å². The fourth-order valence-electron chi connectivity index (χ4n) is 3.94. The molecule has 0 fully saturated rings. The number of benzene rings is 2. The van der Waals surface area contributed by atoms with Crippen molar-refractivity contribution in [3.05, 3.63) is 95.0 Å². The molecule has 2 aromatic carbocycles. The number of hydrogen-bond acceptors (Lipinski definition) is 5. The fourth-order valence-corrected chi connectivity index (χ4v) is 3.94. The second-order valence-electron chi connectivity index (χ2n) is 7.46. The second-order valence-corrected chi connectivity index (χ2v) is 7.46. The van der Waals surface area contributed by atoms with Gasteiger partial charge in [-0.15, -0.1) is 0 Å². The van der Waals surface area contributed by atoms with Gasteiger partial charge in [0.15, 0.2) is 7.05 Å². The molecule has 1 aliphatic rings. The van der Waals surface area contributed by atoms with E-state index in [0.29, 0.717) is 35.0 Å². The van der Waals surface area contributed by atoms with E-state index < -0.39 is 5.97 Å². The number of carbonyl (C=O) groups excluding carboxylic acids is 1. The number of furan rings is 1. The van der Waals surface area contributed by atoms with Gasteiger partial charge in [0.05, 0.1) is 25.0 Å². The van der Waals surface area contributed by atoms with Crippen molar-refractivity contribution in [2.75, 3.05) is 20.3 Å². The molecule has 6 heteroatoms. The van der Waals surface area contributed by atoms with Crippen LogP contribution in [0, 0.1) is 0 Å². The number of aryl methyl sites for hydroxylation is 1. The van der Waals surface area contributed by atoms with Crippen LogP contribution in [0.15, 0.2) is 76.9 Å². The van der Waals surface area contributed by atoms with E-state index in [9.17, 15) is 10.0 Å². The zero-order valence-electron chi connectivity index (χ0n) is 18.2. The predicted octanol–water partition coefficient (Wildman–Crippen LogP) is 4.49. The summed E-state index contributed by atoms with van der Waals surface area (Å²) in [5, 5.41) is 10.4. The third kappa shape index (κ3) is 4.30. The van der Waals surface area contributed by atoms with E-state index in [-0.39, 0.29) is 12.2 Å². The van der Waals surface area contributed by atoms with Crippen molar-refractivity contribution in [3.63, 3.8) is 0 Å². The minimum Gasteiger partial charge on any atom is -0.494 e. The van der Waals surface area contributed by atoms with E-state index in [2.05, 4.69) is 12.1 Å². The molecule has 0 aliphatic heterocycles. The maximum absolute atomic E-state index is 12.9. The molecule has 0 saturated carbocycles. The van der Waals surface area contributed by atoms with Crippen molar-refractivity contribution in [1.82, 2.24) is 0 Å². The Morgan fingerprint density at radius 1 is 1.06 bits per heavy atom. The number of ether oxygens (including phenoxy) is 2. The average Bonchev–Trinajstić information content (AvgIpc) is 3.43. The zero-order chi connectivity index (χ0) is 22.5. The van der Waals surface area contributed by atoms with E-state index in [1.807, 2.05) is 36.4 Å². The molecule has 4 rings (SSSR count). The largest absolute Gasteiger partial charge is 0.494 e. The first-order valence-electron chi connectivity index (χ1n) is 10.7. The zero-order valence-corrected chi connectivity index (χ0v) is 18.2. The van der Waals surface area contributed by atoms with Gasteiger partial charge in [-0.25, -0.2) is 4.79 Å². The molecule has 1 aromatic heterocycles. The summed E-state index contributed by atoms with van der Waals surface area (Å²) in [5.41, 5.74) is 3.95. The van der Waals surface area contributed by atoms with Crippen LogP contribution in [0.5, 0.6) is 5.75 Å². The van der Waals surface area contributed by atoms with Crippen molar-refractivity contribution in [2.24, 2.45) is 0 Å². The lowest BCUT2D eigenvalue weighted by Gasteiger charge is -2.09. The Balaban J connectivity index is 1.62. The molecule has 1 aliphatic carbocycles. The van der Waals surface area contributed by atoms with E-state index >= 15 is 0 Å². The lowest BCUT2D eigenvalue weighted by atomic mass is 10.0. The monoisotopic (exact) mass is 432 g/mol. The van der Waals surface area contributed by atoms with Crippen LogP contribution in [0.4, 0.5) is 0 Å². The van der Waals surface area contributed by atoms with Gasteiger partial charge in [-0.2, -0.15) is 0 Å². The second kappa shape index (κ2) is 9.56. The van der Waals surface area contributed by atoms with Crippen LogP contribution in [0.1, 0.15) is 35.8 Å². The maximum atomic E-state index is 12.9. The van der Waals surface area contributed by atoms with Crippen molar-refractivity contribution < 1.29 is 28.6 Å². The molecule has 0 radical (unpaired) electrons. The van der Waals surface area contributed by atoms with Crippen LogP contribution in [0.3, 0.4) is 0 Å². The SMILES string of the molecule is CCOC(=O)C1=C(c2ccco2)c2ccc(OCCCc3ccccc3)cc2C1=[N+](C)O. The van der Waals surface area contributed by atoms with Crippen LogP contribution in [-0.4, -0.2) is 41.9 Å². The summed E-state index contributed by atoms with van der Waals surface area (Å²) in [4.78, 5) is 12.9. The number of rotatable bonds is 8. The van der Waals surface area contributed by atoms with E-state index in [1.165, 1.54) is 12.6 Å². The molecule has 3 aromatic rings. The van der Waals surface area contributed by atoms with Crippen LogP contribution in [-0.2, 0) is 16.0 Å². The predicted molar refractivity (Wildman–Crippen MR) is 120 cm³/mol. The first kappa shape index (κ1) is 21.4. The lowest BCUT2D eigenvalue weighted by Crippen LogP contribution is -2.22. The van der Waals surface area contributed by atoms with Gasteiger partial charge in [-0.3, -0.25) is 5.21 Å². The average molecular weight is 432 g/mol. The molecule has 0 amide bonds. The first-order chi connectivity index (χ1) is 15.6. The topological polar surface area (TPSA) is 71.9 Å². The smallest absolute Gasteiger partial charge is 0.345 e. The Kier molecular flexibility index (Phi) is 6.40. The molecule has 1 heterocycles. The van der Waals surface area contributed by atoms with Crippen LogP contribution in [0.2, 0.25) is 0 Å². The highest BCUT2D eigenvalue weighted by molar-refractivity contribution is 6.35. The Labute approximate surface area is 187 Å². The maximum Gasteiger partial charge on any atom is 0.345 e. The molecule has 6 nitrogen and oxygen atoms in total. The highest BCUT2D eigenvalue weighted by Gasteiger charge is 2.41. The van der Waals surface area contributed by atoms with Gasteiger partial charge < -0.3 is 13.9 Å². The highest BCUT2D eigenvalue weighted by atomic mass is 16.5. The van der Waals surface area contributed by atoms with Crippen molar-refractivity contribution in [1.29, 1.82) is 0 Å². The van der Waals surface area contributed by atoms with Crippen molar-refractivity contribution in [2.45, 2.75) is 19.8 Å². The Morgan fingerprint density at radius 2 is 1.88 bits per heavy atom. The number of hydroxylamine groups is 1. The van der Waals surface area contributed by atoms with Gasteiger partial charge in [-0.1, -0.05) is 30.3 Å². The minimum absolute atomic E-state index is 0.225. The van der Waals surface area contributed by atoms with E-state index in [4.69, 9.17) is 13.9 Å². The van der Waals surface area contributed by atoms with Crippen LogP contribution in [0.25, 0.3) is 5.57 Å². The molecular formula is C26H26NO5+. The molecule has 0 spiro atoms. The van der Waals surface area contributed by atoms with Gasteiger partial charge in [0.1, 0.15) is 17.1 Å². The normalized spacial score (nSPS) is 14.3. The summed E-state index contributed by atoms with van der Waals surface area (Å²) in [6.45, 7) is 2.53. The summed E-state index contributed by atoms with van der Waals surface area (Å²) in [7, 11) is 1.48. The lowest BCUT2D eigenvalue weighted by molar-refractivity contribution is -0.753. The van der Waals surface area contributed by atoms with Gasteiger partial charge in [0.25, 0.3) is 5.71 Å². The third-order valence-electron chi connectivity index (χ3n) is 5.29. The molecule has 0 atom stereocenters. The molecule has 0 unspecified atom stereocenters. The Morgan fingerprint density at radius 3 is 2.56 bits per heavy atom. The number of fused-ring (bicyclic) bond motifs is 1. The number of carbonyl (C=O) groups is 1. The molecule has 164 valence electrons. The van der Waals surface area contributed by atoms with Gasteiger partial charge in [0.2, 0.25) is 0 Å². The number of esters is 1. The minimum atomic E-state index is -0.517. The first-order valence-corrected chi connectivity index (χ1v) is 10.7. The Bertz CT molecular complexity index is 1160. The summed E-state index contributed by atoms with van der Waals surface area (Å²) in [6.07, 6.45) is 3.36. The van der Waals surface area contributed by atoms with Crippen molar-refractivity contribution in [3.8, 4) is 5.75 Å². The molecule has 32 heavy (non-hydrogen) atoms. The quantitative estimate of drug-likeness (QED) is 0.187. The molecule has 0 bridgehead atoms. The molecular weight excluding hydrogens is 406 g/mol. The fraction of sp³-hybridized carbons (Fsp3) is 0.231. The van der Waals surface area contributed by atoms with Gasteiger partial charge in [0, 0.05) is 11.1 Å². The summed E-state index contributed by atoms with van der Waals surface area (Å²) in [6, 6.07) is 19.4. The molecule has 1 N–H and O–H groups in total.